The first kappa shape index (κ1) is 41.4. The molecule has 3 aromatic rings. The minimum Gasteiger partial charge on any atom is -0.490 e. The third kappa shape index (κ3) is 10.5. The van der Waals surface area contributed by atoms with Gasteiger partial charge in [0.15, 0.2) is 0 Å². The topological polar surface area (TPSA) is 176 Å². The zero-order chi connectivity index (χ0) is 38.1. The summed E-state index contributed by atoms with van der Waals surface area (Å²) in [7, 11) is 0. The maximum atomic E-state index is 13.0. The Labute approximate surface area is 321 Å². The van der Waals surface area contributed by atoms with E-state index in [1.807, 2.05) is 49.6 Å². The molecule has 0 radical (unpaired) electrons. The van der Waals surface area contributed by atoms with Crippen LogP contribution < -0.4 is 10.1 Å². The molecule has 0 aliphatic heterocycles. The van der Waals surface area contributed by atoms with Crippen LogP contribution in [0.5, 0.6) is 5.75 Å². The molecule has 1 atom stereocenters. The molecule has 2 fully saturated rings. The highest BCUT2D eigenvalue weighted by molar-refractivity contribution is 7.99. The van der Waals surface area contributed by atoms with E-state index in [0.29, 0.717) is 41.8 Å². The van der Waals surface area contributed by atoms with E-state index >= 15 is 0 Å². The lowest BCUT2D eigenvalue weighted by Crippen LogP contribution is -2.70. The van der Waals surface area contributed by atoms with E-state index < -0.39 is 36.7 Å². The molecule has 2 saturated carbocycles. The molecule has 1 unspecified atom stereocenters. The standard InChI is InChI=1S/C40H54ClN3O8S/c1-2-3-5-12-37(47)44(40(50,51)39(48,49)36(46)18-23-45)22-8-4-9-24-53-30-15-16-34(41)28(25-30)26-43-38(19-20-38)33-27-42-21-17-31(33)32-10-6-7-11-35(32)52-29-13-14-29/h6-7,10-11,15-17,21,25,27,29,36,43,45-46,48-51H,2-5,8-9,12-14,18-20,22-24,26H2,1H3. The van der Waals surface area contributed by atoms with Gasteiger partial charge in [0.05, 0.1) is 6.10 Å². The Kier molecular flexibility index (Phi) is 14.6. The quantitative estimate of drug-likeness (QED) is 0.0371. The molecule has 290 valence electrons. The number of thioether (sulfide) groups is 1. The Bertz CT molecular complexity index is 1650. The average molecular weight is 772 g/mol. The summed E-state index contributed by atoms with van der Waals surface area (Å²) in [6, 6.07) is 16.3. The van der Waals surface area contributed by atoms with Gasteiger partial charge in [-0.2, -0.15) is 0 Å². The summed E-state index contributed by atoms with van der Waals surface area (Å²) < 4.78 is 6.26. The van der Waals surface area contributed by atoms with Gasteiger partial charge < -0.3 is 40.7 Å². The lowest BCUT2D eigenvalue weighted by atomic mass is 9.94. The highest BCUT2D eigenvalue weighted by Crippen LogP contribution is 2.50. The molecule has 7 N–H and O–H groups in total. The van der Waals surface area contributed by atoms with Crippen LogP contribution in [-0.2, 0) is 16.9 Å². The van der Waals surface area contributed by atoms with Crippen LogP contribution in [0.25, 0.3) is 11.1 Å². The zero-order valence-electron chi connectivity index (χ0n) is 30.4. The molecule has 2 aliphatic rings. The second-order valence-corrected chi connectivity index (χ2v) is 15.8. The second-order valence-electron chi connectivity index (χ2n) is 14.2. The fraction of sp³-hybridized carbons (Fsp3) is 0.550. The number of carbonyl (C=O) groups excluding carboxylic acids is 1. The van der Waals surface area contributed by atoms with E-state index in [1.54, 1.807) is 11.8 Å². The molecule has 1 aromatic heterocycles. The summed E-state index contributed by atoms with van der Waals surface area (Å²) >= 11 is 8.35. The molecule has 13 heteroatoms. The SMILES string of the molecule is CCCCCC(=O)N(CCCCCSc1ccc(Cl)c(CNC2(c3cnccc3-c3ccccc3OC3CC3)CC2)c1)C(O)(O)C(O)(O)C(O)CCO. The van der Waals surface area contributed by atoms with Crippen molar-refractivity contribution in [2.45, 2.75) is 125 Å². The number of rotatable bonds is 23. The third-order valence-electron chi connectivity index (χ3n) is 10.0. The minimum absolute atomic E-state index is 0.0136. The summed E-state index contributed by atoms with van der Waals surface area (Å²) in [4.78, 5) is 19.2. The van der Waals surface area contributed by atoms with E-state index in [0.717, 1.165) is 83.6 Å². The van der Waals surface area contributed by atoms with Gasteiger partial charge in [-0.1, -0.05) is 56.0 Å². The Hall–Kier alpha value is -2.78. The number of carbonyl (C=O) groups is 1. The van der Waals surface area contributed by atoms with Crippen LogP contribution in [-0.4, -0.2) is 89.2 Å². The number of pyridine rings is 1. The predicted molar refractivity (Wildman–Crippen MR) is 205 cm³/mol. The summed E-state index contributed by atoms with van der Waals surface area (Å²) in [5.41, 5.74) is 4.13. The van der Waals surface area contributed by atoms with Crippen LogP contribution in [0.15, 0.2) is 65.8 Å². The van der Waals surface area contributed by atoms with Crippen molar-refractivity contribution in [1.82, 2.24) is 15.2 Å². The molecule has 11 nitrogen and oxygen atoms in total. The fourth-order valence-electron chi connectivity index (χ4n) is 6.48. The number of hydrogen-bond acceptors (Lipinski definition) is 11. The van der Waals surface area contributed by atoms with Crippen molar-refractivity contribution in [2.24, 2.45) is 0 Å². The zero-order valence-corrected chi connectivity index (χ0v) is 32.0. The van der Waals surface area contributed by atoms with Gasteiger partial charge in [-0.3, -0.25) is 14.7 Å². The monoisotopic (exact) mass is 771 g/mol. The van der Waals surface area contributed by atoms with E-state index in [2.05, 4.69) is 28.5 Å². The first-order chi connectivity index (χ1) is 25.4. The lowest BCUT2D eigenvalue weighted by molar-refractivity contribution is -0.426. The normalized spacial score (nSPS) is 16.0. The van der Waals surface area contributed by atoms with Crippen molar-refractivity contribution < 1.29 is 40.2 Å². The maximum Gasteiger partial charge on any atom is 0.308 e. The second kappa shape index (κ2) is 18.7. The molecule has 5 rings (SSSR count). The number of unbranched alkanes of at least 4 members (excludes halogenated alkanes) is 4. The number of benzene rings is 2. The van der Waals surface area contributed by atoms with Crippen LogP contribution in [0.4, 0.5) is 0 Å². The molecule has 53 heavy (non-hydrogen) atoms. The number of nitrogens with one attached hydrogen (secondary N) is 1. The molecular formula is C40H54ClN3O8S. The Morgan fingerprint density at radius 1 is 1.06 bits per heavy atom. The van der Waals surface area contributed by atoms with Crippen molar-refractivity contribution in [1.29, 1.82) is 0 Å². The van der Waals surface area contributed by atoms with Crippen LogP contribution in [0.2, 0.25) is 5.02 Å². The van der Waals surface area contributed by atoms with Gasteiger partial charge in [0, 0.05) is 66.0 Å². The summed E-state index contributed by atoms with van der Waals surface area (Å²) in [5, 5.41) is 66.2. The van der Waals surface area contributed by atoms with Crippen LogP contribution in [0.3, 0.4) is 0 Å². The number of nitrogens with zero attached hydrogens (tertiary/aromatic N) is 2. The number of halogens is 1. The Morgan fingerprint density at radius 2 is 1.83 bits per heavy atom. The van der Waals surface area contributed by atoms with Gasteiger partial charge in [0.1, 0.15) is 11.9 Å². The minimum atomic E-state index is -3.47. The number of aromatic nitrogens is 1. The molecule has 0 saturated heterocycles. The van der Waals surface area contributed by atoms with Crippen molar-refractivity contribution in [3.63, 3.8) is 0 Å². The molecule has 1 heterocycles. The molecular weight excluding hydrogens is 718 g/mol. The Morgan fingerprint density at radius 3 is 2.55 bits per heavy atom. The third-order valence-corrected chi connectivity index (χ3v) is 11.5. The van der Waals surface area contributed by atoms with E-state index in [9.17, 15) is 30.3 Å². The van der Waals surface area contributed by atoms with Gasteiger partial charge in [0.2, 0.25) is 5.91 Å². The number of amides is 1. The van der Waals surface area contributed by atoms with E-state index in [4.69, 9.17) is 21.4 Å². The van der Waals surface area contributed by atoms with Crippen molar-refractivity contribution in [3.05, 3.63) is 77.1 Å². The highest BCUT2D eigenvalue weighted by atomic mass is 35.5. The summed E-state index contributed by atoms with van der Waals surface area (Å²) in [5.74, 6) is -5.93. The lowest BCUT2D eigenvalue weighted by Gasteiger charge is -2.44. The average Bonchev–Trinajstić information content (AvgIpc) is 4.09. The van der Waals surface area contributed by atoms with Crippen LogP contribution in [0.1, 0.15) is 95.1 Å². The first-order valence-electron chi connectivity index (χ1n) is 18.8. The van der Waals surface area contributed by atoms with Crippen molar-refractivity contribution >= 4 is 29.3 Å². The smallest absolute Gasteiger partial charge is 0.308 e. The molecule has 1 amide bonds. The van der Waals surface area contributed by atoms with Crippen molar-refractivity contribution in [2.75, 3.05) is 18.9 Å². The maximum absolute atomic E-state index is 13.0. The van der Waals surface area contributed by atoms with Gasteiger partial charge in [-0.05, 0) is 97.7 Å². The summed E-state index contributed by atoms with van der Waals surface area (Å²) in [6.45, 7) is 1.77. The molecule has 2 aliphatic carbocycles. The Balaban J connectivity index is 1.15. The van der Waals surface area contributed by atoms with Gasteiger partial charge in [0.25, 0.3) is 5.79 Å². The van der Waals surface area contributed by atoms with E-state index in [1.165, 1.54) is 0 Å². The van der Waals surface area contributed by atoms with E-state index in [-0.39, 0.29) is 18.5 Å². The number of para-hydroxylation sites is 1. The molecule has 0 bridgehead atoms. The number of aliphatic hydroxyl groups excluding tert-OH is 2. The van der Waals surface area contributed by atoms with Gasteiger partial charge in [-0.15, -0.1) is 11.8 Å². The van der Waals surface area contributed by atoms with Crippen LogP contribution in [0, 0.1) is 0 Å². The first-order valence-corrected chi connectivity index (χ1v) is 20.2. The molecule has 2 aromatic carbocycles. The predicted octanol–water partition coefficient (Wildman–Crippen LogP) is 5.46. The summed E-state index contributed by atoms with van der Waals surface area (Å²) in [6.07, 6.45) is 9.43. The fourth-order valence-corrected chi connectivity index (χ4v) is 7.63. The number of hydrogen-bond donors (Lipinski definition) is 7. The van der Waals surface area contributed by atoms with Crippen molar-refractivity contribution in [3.8, 4) is 16.9 Å². The molecule has 0 spiro atoms. The highest BCUT2D eigenvalue weighted by Gasteiger charge is 2.57. The number of ether oxygens (including phenoxy) is 1. The largest absolute Gasteiger partial charge is 0.490 e. The van der Waals surface area contributed by atoms with Gasteiger partial charge >= 0.3 is 5.91 Å². The number of aliphatic hydroxyl groups is 6. The van der Waals surface area contributed by atoms with Gasteiger partial charge in [-0.25, -0.2) is 0 Å². The van der Waals surface area contributed by atoms with Crippen LogP contribution >= 0.6 is 23.4 Å².